The van der Waals surface area contributed by atoms with Crippen LogP contribution in [0.2, 0.25) is 0 Å². The van der Waals surface area contributed by atoms with Crippen LogP contribution in [0.15, 0.2) is 52.2 Å². The molecule has 12 nitrogen and oxygen atoms in total. The maximum Gasteiger partial charge on any atom is 0.508 e. The van der Waals surface area contributed by atoms with Gasteiger partial charge in [0.25, 0.3) is 5.56 Å². The normalized spacial score (nSPS) is 21.5. The van der Waals surface area contributed by atoms with Crippen molar-refractivity contribution in [3.8, 4) is 0 Å². The number of nitrogens with one attached hydrogen (secondary N) is 1. The van der Waals surface area contributed by atoms with Crippen LogP contribution in [0.25, 0.3) is 0 Å². The van der Waals surface area contributed by atoms with Gasteiger partial charge >= 0.3 is 23.8 Å². The number of hydrogen-bond donors (Lipinski definition) is 1. The molecular formula is C22H24N2O10. The molecule has 1 saturated heterocycles. The maximum atomic E-state index is 12.3. The summed E-state index contributed by atoms with van der Waals surface area (Å²) in [5.41, 5.74) is -0.669. The first-order valence-corrected chi connectivity index (χ1v) is 10.4. The van der Waals surface area contributed by atoms with Gasteiger partial charge in [0, 0.05) is 26.1 Å². The SMILES string of the molecule is CC(=O)OCC1OC(n2ccc(=O)[nH]c2=O)C(OC(C)=O)C1COC(=O)OCc1ccccc1. The molecule has 1 aromatic carbocycles. The lowest BCUT2D eigenvalue weighted by Crippen LogP contribution is -2.39. The van der Waals surface area contributed by atoms with Crippen LogP contribution >= 0.6 is 0 Å². The van der Waals surface area contributed by atoms with Gasteiger partial charge < -0.3 is 23.7 Å². The third-order valence-electron chi connectivity index (χ3n) is 4.97. The molecule has 2 heterocycles. The molecule has 0 aliphatic carbocycles. The molecule has 1 N–H and O–H groups in total. The Morgan fingerprint density at radius 2 is 1.71 bits per heavy atom. The first-order valence-electron chi connectivity index (χ1n) is 10.4. The molecule has 12 heteroatoms. The predicted molar refractivity (Wildman–Crippen MR) is 113 cm³/mol. The quantitative estimate of drug-likeness (QED) is 0.429. The summed E-state index contributed by atoms with van der Waals surface area (Å²) < 4.78 is 27.6. The first kappa shape index (κ1) is 24.7. The summed E-state index contributed by atoms with van der Waals surface area (Å²) in [4.78, 5) is 61.1. The average Bonchev–Trinajstić information content (AvgIpc) is 3.11. The van der Waals surface area contributed by atoms with Crippen molar-refractivity contribution in [2.75, 3.05) is 13.2 Å². The molecule has 0 saturated carbocycles. The van der Waals surface area contributed by atoms with Crippen molar-refractivity contribution >= 4 is 18.1 Å². The minimum atomic E-state index is -1.18. The number of carbonyl (C=O) groups excluding carboxylic acids is 3. The molecule has 1 fully saturated rings. The van der Waals surface area contributed by atoms with Gasteiger partial charge in [0.05, 0.1) is 5.92 Å². The second-order valence-corrected chi connectivity index (χ2v) is 7.46. The van der Waals surface area contributed by atoms with Gasteiger partial charge in [-0.2, -0.15) is 0 Å². The minimum absolute atomic E-state index is 0.0134. The Balaban J connectivity index is 1.78. The zero-order valence-corrected chi connectivity index (χ0v) is 18.5. The second-order valence-electron chi connectivity index (χ2n) is 7.46. The van der Waals surface area contributed by atoms with Gasteiger partial charge in [0.2, 0.25) is 0 Å². The van der Waals surface area contributed by atoms with Crippen LogP contribution in [0, 0.1) is 5.92 Å². The molecule has 1 aliphatic rings. The topological polar surface area (TPSA) is 152 Å². The standard InChI is InChI=1S/C22H24N2O10/c1-13(25)30-12-17-16(11-32-22(29)31-10-15-6-4-3-5-7-15)19(33-14(2)26)20(34-17)24-9-8-18(27)23-21(24)28/h3-9,16-17,19-20H,10-12H2,1-2H3,(H,23,27,28). The summed E-state index contributed by atoms with van der Waals surface area (Å²) in [7, 11) is 0. The summed E-state index contributed by atoms with van der Waals surface area (Å²) >= 11 is 0. The monoisotopic (exact) mass is 476 g/mol. The number of rotatable bonds is 8. The number of ether oxygens (including phenoxy) is 5. The van der Waals surface area contributed by atoms with Gasteiger partial charge in [0.1, 0.15) is 25.9 Å². The van der Waals surface area contributed by atoms with Crippen LogP contribution in [0.4, 0.5) is 4.79 Å². The van der Waals surface area contributed by atoms with E-state index in [1.54, 1.807) is 24.3 Å². The van der Waals surface area contributed by atoms with E-state index in [2.05, 4.69) is 4.98 Å². The Kier molecular flexibility index (Phi) is 8.19. The van der Waals surface area contributed by atoms with E-state index in [-0.39, 0.29) is 19.8 Å². The van der Waals surface area contributed by atoms with E-state index in [1.807, 2.05) is 6.07 Å². The van der Waals surface area contributed by atoms with E-state index in [9.17, 15) is 24.0 Å². The van der Waals surface area contributed by atoms with Crippen molar-refractivity contribution in [2.45, 2.75) is 38.9 Å². The van der Waals surface area contributed by atoms with E-state index in [0.717, 1.165) is 23.1 Å². The Bertz CT molecular complexity index is 1130. The highest BCUT2D eigenvalue weighted by atomic mass is 16.7. The largest absolute Gasteiger partial charge is 0.508 e. The van der Waals surface area contributed by atoms with Crippen LogP contribution in [0.3, 0.4) is 0 Å². The van der Waals surface area contributed by atoms with Crippen LogP contribution in [-0.2, 0) is 39.9 Å². The molecule has 182 valence electrons. The minimum Gasteiger partial charge on any atom is -0.463 e. The number of carbonyl (C=O) groups is 3. The van der Waals surface area contributed by atoms with E-state index in [4.69, 9.17) is 23.7 Å². The highest BCUT2D eigenvalue weighted by molar-refractivity contribution is 5.66. The van der Waals surface area contributed by atoms with Crippen LogP contribution < -0.4 is 11.2 Å². The fourth-order valence-electron chi connectivity index (χ4n) is 3.46. The van der Waals surface area contributed by atoms with E-state index in [0.29, 0.717) is 0 Å². The van der Waals surface area contributed by atoms with Gasteiger partial charge in [-0.15, -0.1) is 0 Å². The van der Waals surface area contributed by atoms with E-state index < -0.39 is 53.7 Å². The molecule has 1 aromatic heterocycles. The molecular weight excluding hydrogens is 452 g/mol. The zero-order valence-electron chi connectivity index (χ0n) is 18.5. The van der Waals surface area contributed by atoms with Gasteiger partial charge in [-0.25, -0.2) is 9.59 Å². The van der Waals surface area contributed by atoms with Crippen molar-refractivity contribution in [3.63, 3.8) is 0 Å². The number of nitrogens with zero attached hydrogens (tertiary/aromatic N) is 1. The molecule has 0 spiro atoms. The summed E-state index contributed by atoms with van der Waals surface area (Å²) in [5.74, 6) is -2.09. The Hall–Kier alpha value is -3.93. The van der Waals surface area contributed by atoms with Crippen molar-refractivity contribution in [1.29, 1.82) is 0 Å². The highest BCUT2D eigenvalue weighted by Crippen LogP contribution is 2.36. The highest BCUT2D eigenvalue weighted by Gasteiger charge is 2.49. The lowest BCUT2D eigenvalue weighted by Gasteiger charge is -2.24. The fraction of sp³-hybridized carbons (Fsp3) is 0.409. The average molecular weight is 476 g/mol. The van der Waals surface area contributed by atoms with Crippen molar-refractivity contribution in [3.05, 3.63) is 69.0 Å². The molecule has 1 aliphatic heterocycles. The molecule has 2 aromatic rings. The Morgan fingerprint density at radius 3 is 2.35 bits per heavy atom. The smallest absolute Gasteiger partial charge is 0.463 e. The van der Waals surface area contributed by atoms with Crippen LogP contribution in [0.5, 0.6) is 0 Å². The molecule has 34 heavy (non-hydrogen) atoms. The van der Waals surface area contributed by atoms with Crippen molar-refractivity contribution in [1.82, 2.24) is 9.55 Å². The van der Waals surface area contributed by atoms with Crippen LogP contribution in [0.1, 0.15) is 25.6 Å². The molecule has 4 unspecified atom stereocenters. The number of aromatic nitrogens is 2. The molecule has 4 atom stereocenters. The van der Waals surface area contributed by atoms with Gasteiger partial charge in [-0.3, -0.25) is 23.9 Å². The Morgan fingerprint density at radius 1 is 0.971 bits per heavy atom. The van der Waals surface area contributed by atoms with Gasteiger partial charge in [-0.1, -0.05) is 30.3 Å². The van der Waals surface area contributed by atoms with Crippen molar-refractivity contribution < 1.29 is 38.1 Å². The first-order chi connectivity index (χ1) is 16.2. The number of hydrogen-bond acceptors (Lipinski definition) is 10. The predicted octanol–water partition coefficient (Wildman–Crippen LogP) is 0.898. The summed E-state index contributed by atoms with van der Waals surface area (Å²) in [6.07, 6.45) is -2.98. The lowest BCUT2D eigenvalue weighted by atomic mass is 9.99. The van der Waals surface area contributed by atoms with Gasteiger partial charge in [0.15, 0.2) is 12.3 Å². The summed E-state index contributed by atoms with van der Waals surface area (Å²) in [5, 5.41) is 0. The van der Waals surface area contributed by atoms with E-state index in [1.165, 1.54) is 13.1 Å². The third-order valence-corrected chi connectivity index (χ3v) is 4.97. The summed E-state index contributed by atoms with van der Waals surface area (Å²) in [6, 6.07) is 10.1. The Labute approximate surface area is 193 Å². The number of benzene rings is 1. The maximum absolute atomic E-state index is 12.3. The molecule has 0 amide bonds. The summed E-state index contributed by atoms with van der Waals surface area (Å²) in [6.45, 7) is 1.77. The van der Waals surface area contributed by atoms with E-state index >= 15 is 0 Å². The number of aromatic amines is 1. The molecule has 0 bridgehead atoms. The fourth-order valence-corrected chi connectivity index (χ4v) is 3.46. The lowest BCUT2D eigenvalue weighted by molar-refractivity contribution is -0.154. The van der Waals surface area contributed by atoms with Crippen LogP contribution in [-0.4, -0.2) is 53.1 Å². The number of H-pyrrole nitrogens is 1. The molecule has 0 radical (unpaired) electrons. The number of esters is 2. The van der Waals surface area contributed by atoms with Crippen molar-refractivity contribution in [2.24, 2.45) is 5.92 Å². The molecule has 3 rings (SSSR count). The third kappa shape index (κ3) is 6.54. The second kappa shape index (κ2) is 11.3. The van der Waals surface area contributed by atoms with Gasteiger partial charge in [-0.05, 0) is 5.56 Å². The zero-order chi connectivity index (χ0) is 24.7.